The molecule has 0 atom stereocenters. The Morgan fingerprint density at radius 1 is 0.750 bits per heavy atom. The maximum absolute atomic E-state index is 8.44. The Morgan fingerprint density at radius 3 is 2.29 bits per heavy atom. The molecule has 0 aliphatic heterocycles. The number of pyridine rings is 1. The van der Waals surface area contributed by atoms with Gasteiger partial charge in [-0.1, -0.05) is 117 Å². The zero-order valence-electron chi connectivity index (χ0n) is 30.9. The summed E-state index contributed by atoms with van der Waals surface area (Å²) in [6.07, 6.45) is 1.98. The molecule has 9 aromatic rings. The van der Waals surface area contributed by atoms with Crippen LogP contribution in [0.15, 0.2) is 144 Å². The van der Waals surface area contributed by atoms with Crippen LogP contribution in [0, 0.1) is 12.1 Å². The summed E-state index contributed by atoms with van der Waals surface area (Å²) in [5.74, 6) is 0.216. The minimum atomic E-state index is -1.50. The molecule has 4 nitrogen and oxygen atoms in total. The Morgan fingerprint density at radius 2 is 1.50 bits per heavy atom. The first-order chi connectivity index (χ1) is 25.1. The molecule has 0 unspecified atom stereocenters. The minimum absolute atomic E-state index is 0. The number of rotatable bonds is 5. The van der Waals surface area contributed by atoms with Crippen LogP contribution in [-0.2, 0) is 20.1 Å². The van der Waals surface area contributed by atoms with Crippen molar-refractivity contribution < 1.29 is 25.9 Å². The van der Waals surface area contributed by atoms with Crippen LogP contribution in [-0.4, -0.2) is 22.6 Å². The molecule has 0 bridgehead atoms. The maximum atomic E-state index is 8.44. The molecule has 3 aromatic heterocycles. The first-order valence-electron chi connectivity index (χ1n) is 17.8. The summed E-state index contributed by atoms with van der Waals surface area (Å²) in [5.41, 5.74) is 8.60. The van der Waals surface area contributed by atoms with Crippen molar-refractivity contribution in [3.05, 3.63) is 157 Å². The van der Waals surface area contributed by atoms with Gasteiger partial charge in [0.05, 0.1) is 30.5 Å². The van der Waals surface area contributed by atoms with E-state index in [1.807, 2.05) is 74.6 Å². The second-order valence-electron chi connectivity index (χ2n) is 14.1. The van der Waals surface area contributed by atoms with Gasteiger partial charge in [-0.3, -0.25) is 4.98 Å². The number of benzene rings is 6. The summed E-state index contributed by atoms with van der Waals surface area (Å²) in [6.45, 7) is 10.8. The summed E-state index contributed by atoms with van der Waals surface area (Å²) in [4.78, 5) is 9.64. The average molecular weight is 871 g/mol. The molecule has 259 valence electrons. The van der Waals surface area contributed by atoms with E-state index in [9.17, 15) is 0 Å². The Kier molecular flexibility index (Phi) is 9.46. The van der Waals surface area contributed by atoms with Crippen LogP contribution in [0.2, 0.25) is 19.6 Å². The first kappa shape index (κ1) is 34.0. The van der Waals surface area contributed by atoms with E-state index in [0.29, 0.717) is 0 Å². The Hall–Kier alpha value is -5.13. The van der Waals surface area contributed by atoms with Gasteiger partial charge in [0.2, 0.25) is 0 Å². The summed E-state index contributed by atoms with van der Waals surface area (Å²) >= 11 is 0. The Balaban J connectivity index is 0.000000180. The van der Waals surface area contributed by atoms with Gasteiger partial charge in [-0.25, -0.2) is 0 Å². The molecule has 0 saturated carbocycles. The SMILES string of the molecule is [2H]C(C)(C)c1cc(-c2[c-]cccc2)ncc1[Si](C)(C)C.[Ir].[c-]1ccc2c(oc3ccccc32)c1-c1nc2ccccc2n1-c1ccc2ccccc2c1. The third-order valence-corrected chi connectivity index (χ3v) is 11.4. The van der Waals surface area contributed by atoms with Gasteiger partial charge in [0.15, 0.2) is 0 Å². The molecule has 0 aliphatic rings. The predicted octanol–water partition coefficient (Wildman–Crippen LogP) is 11.8. The quantitative estimate of drug-likeness (QED) is 0.128. The number of aromatic nitrogens is 3. The van der Waals surface area contributed by atoms with E-state index in [1.165, 1.54) is 16.0 Å². The van der Waals surface area contributed by atoms with Crippen LogP contribution in [0.4, 0.5) is 0 Å². The predicted molar refractivity (Wildman–Crippen MR) is 216 cm³/mol. The zero-order valence-corrected chi connectivity index (χ0v) is 33.3. The zero-order chi connectivity index (χ0) is 36.0. The Bertz CT molecular complexity index is 2720. The van der Waals surface area contributed by atoms with Gasteiger partial charge in [-0.05, 0) is 57.9 Å². The fourth-order valence-electron chi connectivity index (χ4n) is 6.79. The van der Waals surface area contributed by atoms with Crippen molar-refractivity contribution in [3.63, 3.8) is 0 Å². The van der Waals surface area contributed by atoms with Gasteiger partial charge in [0, 0.05) is 38.7 Å². The Labute approximate surface area is 320 Å². The van der Waals surface area contributed by atoms with Gasteiger partial charge >= 0.3 is 0 Å². The second-order valence-corrected chi connectivity index (χ2v) is 19.2. The molecule has 3 heterocycles. The van der Waals surface area contributed by atoms with Crippen molar-refractivity contribution in [1.82, 2.24) is 14.5 Å². The van der Waals surface area contributed by atoms with E-state index in [-0.39, 0.29) is 20.1 Å². The van der Waals surface area contributed by atoms with Crippen molar-refractivity contribution in [2.24, 2.45) is 0 Å². The molecule has 6 heteroatoms. The molecule has 6 aromatic carbocycles. The number of imidazole rings is 1. The van der Waals surface area contributed by atoms with E-state index < -0.39 is 14.0 Å². The van der Waals surface area contributed by atoms with Gasteiger partial charge in [-0.2, -0.15) is 0 Å². The van der Waals surface area contributed by atoms with Gasteiger partial charge in [0.25, 0.3) is 0 Å². The smallest absolute Gasteiger partial charge is 0.120 e. The largest absolute Gasteiger partial charge is 0.501 e. The van der Waals surface area contributed by atoms with Crippen LogP contribution < -0.4 is 5.19 Å². The second kappa shape index (κ2) is 14.5. The van der Waals surface area contributed by atoms with Crippen molar-refractivity contribution in [2.45, 2.75) is 39.4 Å². The summed E-state index contributed by atoms with van der Waals surface area (Å²) < 4.78 is 17.0. The molecule has 0 aliphatic carbocycles. The van der Waals surface area contributed by atoms with Crippen molar-refractivity contribution in [1.29, 1.82) is 0 Å². The normalized spacial score (nSPS) is 12.1. The first-order valence-corrected chi connectivity index (χ1v) is 20.8. The van der Waals surface area contributed by atoms with E-state index in [2.05, 4.69) is 120 Å². The molecule has 9 rings (SSSR count). The van der Waals surface area contributed by atoms with Crippen LogP contribution >= 0.6 is 0 Å². The summed E-state index contributed by atoms with van der Waals surface area (Å²) in [6, 6.07) is 51.9. The van der Waals surface area contributed by atoms with Crippen molar-refractivity contribution in [2.75, 3.05) is 0 Å². The van der Waals surface area contributed by atoms with E-state index >= 15 is 0 Å². The van der Waals surface area contributed by atoms with Crippen LogP contribution in [0.5, 0.6) is 0 Å². The number of nitrogens with zero attached hydrogens (tertiary/aromatic N) is 3. The van der Waals surface area contributed by atoms with Crippen LogP contribution in [0.25, 0.3) is 72.1 Å². The standard InChI is InChI=1S/C29H17N2O.C17H22NSi.Ir/c1-2-9-20-18-21(17-16-19(20)8-1)31-26-14-5-4-13-25(26)30-29(31)24-12-7-11-23-22-10-3-6-15-27(22)32-28(23)24;1-13(2)15-11-16(14-9-7-6-8-10-14)18-12-17(15)19(3,4)5;/h1-11,13-18H;6-9,11-13H,1-5H3;/q2*-1;/i;13D;. The molecular formula is C46H39IrN3OSi-2. The van der Waals surface area contributed by atoms with Gasteiger partial charge in [0.1, 0.15) is 5.58 Å². The van der Waals surface area contributed by atoms with Crippen LogP contribution in [0.1, 0.15) is 26.7 Å². The third-order valence-electron chi connectivity index (χ3n) is 9.35. The van der Waals surface area contributed by atoms with Crippen LogP contribution in [0.3, 0.4) is 0 Å². The van der Waals surface area contributed by atoms with Crippen molar-refractivity contribution >= 4 is 57.0 Å². The van der Waals surface area contributed by atoms with Gasteiger partial charge < -0.3 is 14.0 Å². The molecule has 0 fully saturated rings. The van der Waals surface area contributed by atoms with Crippen molar-refractivity contribution in [3.8, 4) is 28.3 Å². The summed E-state index contributed by atoms with van der Waals surface area (Å²) in [7, 11) is -1.50. The average Bonchev–Trinajstić information content (AvgIpc) is 3.73. The molecule has 0 spiro atoms. The molecule has 0 N–H and O–H groups in total. The van der Waals surface area contributed by atoms with E-state index in [0.717, 1.165) is 66.9 Å². The fourth-order valence-corrected chi connectivity index (χ4v) is 8.38. The number of fused-ring (bicyclic) bond motifs is 5. The molecular weight excluding hydrogens is 831 g/mol. The molecule has 1 radical (unpaired) electrons. The molecule has 0 saturated heterocycles. The molecule has 52 heavy (non-hydrogen) atoms. The number of hydrogen-bond acceptors (Lipinski definition) is 3. The monoisotopic (exact) mass is 871 g/mol. The number of hydrogen-bond donors (Lipinski definition) is 0. The third kappa shape index (κ3) is 6.66. The fraction of sp³-hybridized carbons (Fsp3) is 0.130. The minimum Gasteiger partial charge on any atom is -0.501 e. The topological polar surface area (TPSA) is 43.9 Å². The maximum Gasteiger partial charge on any atom is 0.120 e. The summed E-state index contributed by atoms with van der Waals surface area (Å²) in [5, 5.41) is 5.86. The number of para-hydroxylation sites is 3. The van der Waals surface area contributed by atoms with E-state index in [1.54, 1.807) is 0 Å². The van der Waals surface area contributed by atoms with Gasteiger partial charge in [-0.15, -0.1) is 54.1 Å². The molecule has 0 amide bonds. The van der Waals surface area contributed by atoms with E-state index in [4.69, 9.17) is 10.8 Å². The number of furan rings is 1.